The number of aromatic nitrogens is 4. The van der Waals surface area contributed by atoms with Crippen molar-refractivity contribution in [3.05, 3.63) is 47.5 Å². The molecular formula is C22H28N6O3. The van der Waals surface area contributed by atoms with E-state index in [2.05, 4.69) is 20.0 Å². The lowest BCUT2D eigenvalue weighted by atomic mass is 10.2. The van der Waals surface area contributed by atoms with Gasteiger partial charge in [-0.25, -0.2) is 9.50 Å². The van der Waals surface area contributed by atoms with Gasteiger partial charge >= 0.3 is 0 Å². The fraction of sp³-hybridized carbons (Fsp3) is 0.455. The third kappa shape index (κ3) is 5.11. The smallest absolute Gasteiger partial charge is 0.252 e. The molecule has 31 heavy (non-hydrogen) atoms. The first kappa shape index (κ1) is 21.0. The van der Waals surface area contributed by atoms with E-state index >= 15 is 0 Å². The summed E-state index contributed by atoms with van der Waals surface area (Å²) in [6.07, 6.45) is 0.195. The molecule has 4 rings (SSSR count). The molecule has 2 aromatic heterocycles. The van der Waals surface area contributed by atoms with Crippen LogP contribution in [0.3, 0.4) is 0 Å². The molecule has 9 nitrogen and oxygen atoms in total. The minimum atomic E-state index is 0.0533. The van der Waals surface area contributed by atoms with Crippen molar-refractivity contribution in [2.24, 2.45) is 0 Å². The molecule has 0 aliphatic carbocycles. The molecule has 0 radical (unpaired) electrons. The minimum Gasteiger partial charge on any atom is -0.497 e. The molecule has 1 aliphatic heterocycles. The van der Waals surface area contributed by atoms with E-state index < -0.39 is 0 Å². The number of aryl methyl sites for hydroxylation is 2. The Morgan fingerprint density at radius 3 is 2.61 bits per heavy atom. The first-order valence-corrected chi connectivity index (χ1v) is 10.5. The van der Waals surface area contributed by atoms with Gasteiger partial charge in [0, 0.05) is 50.2 Å². The van der Waals surface area contributed by atoms with Crippen LogP contribution in [0.5, 0.6) is 11.5 Å². The van der Waals surface area contributed by atoms with Crippen LogP contribution >= 0.6 is 0 Å². The van der Waals surface area contributed by atoms with Gasteiger partial charge in [0.25, 0.3) is 5.78 Å². The van der Waals surface area contributed by atoms with E-state index in [1.807, 2.05) is 49.1 Å². The zero-order chi connectivity index (χ0) is 21.8. The topological polar surface area (TPSA) is 85.1 Å². The summed E-state index contributed by atoms with van der Waals surface area (Å²) in [5.41, 5.74) is 1.85. The summed E-state index contributed by atoms with van der Waals surface area (Å²) in [5.74, 6) is 2.69. The van der Waals surface area contributed by atoms with Gasteiger partial charge in [0.05, 0.1) is 13.5 Å². The van der Waals surface area contributed by atoms with Crippen LogP contribution in [0.2, 0.25) is 0 Å². The lowest BCUT2D eigenvalue weighted by Gasteiger charge is -2.34. The molecule has 0 saturated carbocycles. The second kappa shape index (κ2) is 9.30. The second-order valence-corrected chi connectivity index (χ2v) is 7.71. The average molecular weight is 425 g/mol. The van der Waals surface area contributed by atoms with Crippen LogP contribution in [0.4, 0.5) is 0 Å². The van der Waals surface area contributed by atoms with E-state index in [4.69, 9.17) is 9.47 Å². The number of nitrogens with zero attached hydrogens (tertiary/aromatic N) is 6. The van der Waals surface area contributed by atoms with Gasteiger partial charge in [-0.05, 0) is 32.0 Å². The molecule has 9 heteroatoms. The summed E-state index contributed by atoms with van der Waals surface area (Å²) < 4.78 is 12.7. The molecule has 164 valence electrons. The zero-order valence-electron chi connectivity index (χ0n) is 18.2. The van der Waals surface area contributed by atoms with Crippen LogP contribution in [0, 0.1) is 13.8 Å². The molecule has 0 bridgehead atoms. The molecule has 1 aliphatic rings. The van der Waals surface area contributed by atoms with Crippen molar-refractivity contribution in [1.82, 2.24) is 29.4 Å². The predicted octanol–water partition coefficient (Wildman–Crippen LogP) is 1.52. The summed E-state index contributed by atoms with van der Waals surface area (Å²) >= 11 is 0. The van der Waals surface area contributed by atoms with Gasteiger partial charge in [-0.15, -0.1) is 5.10 Å². The van der Waals surface area contributed by atoms with E-state index in [9.17, 15) is 4.79 Å². The maximum Gasteiger partial charge on any atom is 0.252 e. The summed E-state index contributed by atoms with van der Waals surface area (Å²) in [5, 5.41) is 4.44. The Bertz CT molecular complexity index is 1060. The highest BCUT2D eigenvalue weighted by Crippen LogP contribution is 2.18. The average Bonchev–Trinajstić information content (AvgIpc) is 3.17. The van der Waals surface area contributed by atoms with Gasteiger partial charge in [0.2, 0.25) is 5.91 Å². The molecule has 0 atom stereocenters. The Morgan fingerprint density at radius 2 is 1.84 bits per heavy atom. The van der Waals surface area contributed by atoms with E-state index in [1.54, 1.807) is 11.6 Å². The van der Waals surface area contributed by atoms with Crippen LogP contribution in [-0.4, -0.2) is 81.7 Å². The molecule has 3 heterocycles. The number of hydrogen-bond acceptors (Lipinski definition) is 7. The number of fused-ring (bicyclic) bond motifs is 1. The number of rotatable bonds is 7. The van der Waals surface area contributed by atoms with Crippen molar-refractivity contribution in [3.8, 4) is 11.5 Å². The van der Waals surface area contributed by atoms with E-state index in [-0.39, 0.29) is 12.3 Å². The van der Waals surface area contributed by atoms with E-state index in [0.29, 0.717) is 31.3 Å². The van der Waals surface area contributed by atoms with Crippen LogP contribution in [0.15, 0.2) is 30.3 Å². The number of methoxy groups -OCH3 is 1. The molecule has 0 N–H and O–H groups in total. The number of hydrogen-bond donors (Lipinski definition) is 0. The lowest BCUT2D eigenvalue weighted by molar-refractivity contribution is -0.132. The number of benzene rings is 1. The van der Waals surface area contributed by atoms with Gasteiger partial charge in [0.15, 0.2) is 5.82 Å². The van der Waals surface area contributed by atoms with Gasteiger partial charge in [-0.1, -0.05) is 6.07 Å². The molecule has 0 unspecified atom stereocenters. The Morgan fingerprint density at radius 1 is 1.06 bits per heavy atom. The Hall–Kier alpha value is -3.20. The van der Waals surface area contributed by atoms with Crippen molar-refractivity contribution in [2.75, 3.05) is 46.4 Å². The summed E-state index contributed by atoms with van der Waals surface area (Å²) in [7, 11) is 1.64. The molecule has 1 fully saturated rings. The monoisotopic (exact) mass is 424 g/mol. The number of carbonyl (C=O) groups excluding carboxylic acids is 1. The fourth-order valence-corrected chi connectivity index (χ4v) is 3.73. The van der Waals surface area contributed by atoms with Gasteiger partial charge < -0.3 is 14.4 Å². The maximum absolute atomic E-state index is 12.7. The highest BCUT2D eigenvalue weighted by Gasteiger charge is 2.22. The molecule has 1 aromatic carbocycles. The highest BCUT2D eigenvalue weighted by molar-refractivity contribution is 5.78. The van der Waals surface area contributed by atoms with Crippen molar-refractivity contribution >= 4 is 11.7 Å². The largest absolute Gasteiger partial charge is 0.497 e. The van der Waals surface area contributed by atoms with Crippen molar-refractivity contribution in [2.45, 2.75) is 20.3 Å². The van der Waals surface area contributed by atoms with Crippen LogP contribution < -0.4 is 9.47 Å². The van der Waals surface area contributed by atoms with Gasteiger partial charge in [0.1, 0.15) is 18.1 Å². The van der Waals surface area contributed by atoms with Crippen LogP contribution in [-0.2, 0) is 11.2 Å². The Kier molecular flexibility index (Phi) is 6.31. The molecule has 1 amide bonds. The predicted molar refractivity (Wildman–Crippen MR) is 115 cm³/mol. The number of ether oxygens (including phenoxy) is 2. The Balaban J connectivity index is 1.24. The summed E-state index contributed by atoms with van der Waals surface area (Å²) in [6.45, 7) is 8.34. The first-order valence-electron chi connectivity index (χ1n) is 10.5. The van der Waals surface area contributed by atoms with Crippen LogP contribution in [0.25, 0.3) is 5.78 Å². The molecule has 1 saturated heterocycles. The fourth-order valence-electron chi connectivity index (χ4n) is 3.73. The molecule has 3 aromatic rings. The zero-order valence-corrected chi connectivity index (χ0v) is 18.2. The van der Waals surface area contributed by atoms with Gasteiger partial charge in [-0.2, -0.15) is 4.98 Å². The second-order valence-electron chi connectivity index (χ2n) is 7.71. The summed E-state index contributed by atoms with van der Waals surface area (Å²) in [6, 6.07) is 9.55. The summed E-state index contributed by atoms with van der Waals surface area (Å²) in [4.78, 5) is 25.7. The lowest BCUT2D eigenvalue weighted by Crippen LogP contribution is -2.50. The van der Waals surface area contributed by atoms with Crippen molar-refractivity contribution in [3.63, 3.8) is 0 Å². The molecular weight excluding hydrogens is 396 g/mol. The van der Waals surface area contributed by atoms with E-state index in [0.717, 1.165) is 42.5 Å². The number of amides is 1. The maximum atomic E-state index is 12.7. The highest BCUT2D eigenvalue weighted by atomic mass is 16.5. The van der Waals surface area contributed by atoms with E-state index in [1.165, 1.54) is 0 Å². The SMILES string of the molecule is COc1cccc(OCCN2CCN(C(=O)Cc3nc4nc(C)cc(C)n4n3)CC2)c1. The third-order valence-corrected chi connectivity index (χ3v) is 5.41. The Labute approximate surface area is 181 Å². The van der Waals surface area contributed by atoms with Crippen molar-refractivity contribution < 1.29 is 14.3 Å². The standard InChI is InChI=1S/C22H28N6O3/c1-16-13-17(2)28-22(23-16)24-20(25-28)15-21(29)27-9-7-26(8-10-27)11-12-31-19-6-4-5-18(14-19)30-3/h4-6,13-14H,7-12,15H2,1-3H3. The quantitative estimate of drug-likeness (QED) is 0.568. The first-order chi connectivity index (χ1) is 15.0. The van der Waals surface area contributed by atoms with Crippen molar-refractivity contribution in [1.29, 1.82) is 0 Å². The molecule has 0 spiro atoms. The van der Waals surface area contributed by atoms with Gasteiger partial charge in [-0.3, -0.25) is 9.69 Å². The number of piperazine rings is 1. The minimum absolute atomic E-state index is 0.0533. The third-order valence-electron chi connectivity index (χ3n) is 5.41. The normalized spacial score (nSPS) is 14.7. The number of carbonyl (C=O) groups is 1. The van der Waals surface area contributed by atoms with Crippen LogP contribution in [0.1, 0.15) is 17.2 Å².